The number of amidine groups is 1. The van der Waals surface area contributed by atoms with Crippen LogP contribution in [-0.2, 0) is 9.84 Å². The van der Waals surface area contributed by atoms with Crippen molar-refractivity contribution >= 4 is 27.6 Å². The van der Waals surface area contributed by atoms with Gasteiger partial charge in [-0.15, -0.1) is 0 Å². The molecule has 1 aromatic carbocycles. The van der Waals surface area contributed by atoms with Crippen molar-refractivity contribution in [3.63, 3.8) is 0 Å². The van der Waals surface area contributed by atoms with Gasteiger partial charge < -0.3 is 10.5 Å². The standard InChI is InChI=1S/C23H24F2N4O3S/c24-16-5-4-14(8-15(16)22-19-6-7-20(23(26)29-22)33(19,30)31)9-17(25)18-10-28-21(11-27-18)32-12-13-2-1-3-13/h4-5,8-11,13,19-20,22H,1-3,6-7,12H2,(H2,26,29)/b17-9-. The third kappa shape index (κ3) is 4.12. The van der Waals surface area contributed by atoms with Crippen LogP contribution in [0.2, 0.25) is 0 Å². The highest BCUT2D eigenvalue weighted by molar-refractivity contribution is 7.93. The molecular weight excluding hydrogens is 450 g/mol. The summed E-state index contributed by atoms with van der Waals surface area (Å²) in [7, 11) is -3.53. The van der Waals surface area contributed by atoms with E-state index in [0.29, 0.717) is 36.8 Å². The summed E-state index contributed by atoms with van der Waals surface area (Å²) in [4.78, 5) is 12.5. The van der Waals surface area contributed by atoms with E-state index in [4.69, 9.17) is 10.5 Å². The van der Waals surface area contributed by atoms with Gasteiger partial charge in [-0.25, -0.2) is 27.2 Å². The first kappa shape index (κ1) is 21.9. The van der Waals surface area contributed by atoms with E-state index in [1.54, 1.807) is 0 Å². The fourth-order valence-electron chi connectivity index (χ4n) is 4.58. The smallest absolute Gasteiger partial charge is 0.232 e. The number of nitrogens with two attached hydrogens (primary N) is 1. The highest BCUT2D eigenvalue weighted by Gasteiger charge is 2.51. The molecule has 2 bridgehead atoms. The molecule has 3 atom stereocenters. The van der Waals surface area contributed by atoms with E-state index in [1.807, 2.05) is 0 Å². The van der Waals surface area contributed by atoms with Crippen LogP contribution in [0.4, 0.5) is 8.78 Å². The Balaban J connectivity index is 1.37. The summed E-state index contributed by atoms with van der Waals surface area (Å²) >= 11 is 0. The summed E-state index contributed by atoms with van der Waals surface area (Å²) in [6.45, 7) is 0.580. The van der Waals surface area contributed by atoms with Crippen LogP contribution in [0.25, 0.3) is 11.9 Å². The third-order valence-electron chi connectivity index (χ3n) is 6.70. The van der Waals surface area contributed by atoms with Gasteiger partial charge in [0.2, 0.25) is 5.88 Å². The molecule has 1 aromatic heterocycles. The molecule has 10 heteroatoms. The Labute approximate surface area is 190 Å². The van der Waals surface area contributed by atoms with Crippen LogP contribution in [-0.4, -0.2) is 41.3 Å². The molecule has 33 heavy (non-hydrogen) atoms. The molecule has 0 spiro atoms. The van der Waals surface area contributed by atoms with E-state index in [9.17, 15) is 17.2 Å². The number of hydrogen-bond acceptors (Lipinski definition) is 7. The minimum Gasteiger partial charge on any atom is -0.476 e. The fraction of sp³-hybridized carbons (Fsp3) is 0.435. The Hall–Kier alpha value is -2.88. The Morgan fingerprint density at radius 1 is 1.18 bits per heavy atom. The zero-order valence-corrected chi connectivity index (χ0v) is 18.6. The lowest BCUT2D eigenvalue weighted by Gasteiger charge is -2.26. The monoisotopic (exact) mass is 474 g/mol. The maximum atomic E-state index is 14.8. The predicted molar refractivity (Wildman–Crippen MR) is 120 cm³/mol. The lowest BCUT2D eigenvalue weighted by atomic mass is 9.86. The number of hydrogen-bond donors (Lipinski definition) is 1. The molecule has 3 unspecified atom stereocenters. The molecule has 7 nitrogen and oxygen atoms in total. The largest absolute Gasteiger partial charge is 0.476 e. The average molecular weight is 475 g/mol. The van der Waals surface area contributed by atoms with Crippen LogP contribution in [0, 0.1) is 11.7 Å². The van der Waals surface area contributed by atoms with Gasteiger partial charge in [-0.1, -0.05) is 12.5 Å². The van der Waals surface area contributed by atoms with Crippen LogP contribution < -0.4 is 10.5 Å². The molecule has 3 heterocycles. The topological polar surface area (TPSA) is 108 Å². The normalized spacial score (nSPS) is 26.5. The van der Waals surface area contributed by atoms with Gasteiger partial charge in [0.05, 0.1) is 30.3 Å². The number of ether oxygens (including phenoxy) is 1. The van der Waals surface area contributed by atoms with Crippen molar-refractivity contribution in [1.29, 1.82) is 0 Å². The van der Waals surface area contributed by atoms with Gasteiger partial charge in [-0.05, 0) is 55.4 Å². The Morgan fingerprint density at radius 2 is 2.00 bits per heavy atom. The van der Waals surface area contributed by atoms with Gasteiger partial charge >= 0.3 is 0 Å². The zero-order chi connectivity index (χ0) is 23.2. The number of aliphatic imine (C=N–C) groups is 1. The fourth-order valence-corrected chi connectivity index (χ4v) is 6.90. The number of benzene rings is 1. The van der Waals surface area contributed by atoms with E-state index in [1.165, 1.54) is 43.1 Å². The molecule has 174 valence electrons. The van der Waals surface area contributed by atoms with Gasteiger partial charge in [0, 0.05) is 5.56 Å². The van der Waals surface area contributed by atoms with Gasteiger partial charge in [0.1, 0.15) is 22.6 Å². The zero-order valence-electron chi connectivity index (χ0n) is 17.8. The minimum absolute atomic E-state index is 0.00941. The van der Waals surface area contributed by atoms with E-state index in [-0.39, 0.29) is 17.1 Å². The van der Waals surface area contributed by atoms with Gasteiger partial charge in [-0.3, -0.25) is 4.99 Å². The molecule has 2 fully saturated rings. The first-order valence-electron chi connectivity index (χ1n) is 11.0. The Morgan fingerprint density at radius 3 is 2.70 bits per heavy atom. The maximum Gasteiger partial charge on any atom is 0.232 e. The van der Waals surface area contributed by atoms with Crippen LogP contribution in [0.15, 0.2) is 35.6 Å². The summed E-state index contributed by atoms with van der Waals surface area (Å²) in [5.41, 5.74) is 6.32. The SMILES string of the molecule is NC1=NC(c2cc(/C=C(\F)c3cnc(OCC4CCC4)cn3)ccc2F)C2CCC1S2(=O)=O. The van der Waals surface area contributed by atoms with Crippen LogP contribution >= 0.6 is 0 Å². The lowest BCUT2D eigenvalue weighted by Crippen LogP contribution is -2.42. The molecule has 2 N–H and O–H groups in total. The number of sulfone groups is 1. The number of nitrogens with zero attached hydrogens (tertiary/aromatic N) is 3. The predicted octanol–water partition coefficient (Wildman–Crippen LogP) is 3.62. The van der Waals surface area contributed by atoms with Crippen molar-refractivity contribution in [2.24, 2.45) is 16.6 Å². The number of fused-ring (bicyclic) bond motifs is 2. The minimum atomic E-state index is -3.53. The van der Waals surface area contributed by atoms with Crippen molar-refractivity contribution in [2.75, 3.05) is 6.61 Å². The van der Waals surface area contributed by atoms with Gasteiger partial charge in [-0.2, -0.15) is 0 Å². The molecule has 2 aromatic rings. The molecule has 3 aliphatic rings. The van der Waals surface area contributed by atoms with Crippen molar-refractivity contribution < 1.29 is 21.9 Å². The second kappa shape index (κ2) is 8.48. The summed E-state index contributed by atoms with van der Waals surface area (Å²) in [5.74, 6) is -0.375. The number of aromatic nitrogens is 2. The second-order valence-electron chi connectivity index (χ2n) is 8.81. The van der Waals surface area contributed by atoms with E-state index in [0.717, 1.165) is 12.8 Å². The average Bonchev–Trinajstić information content (AvgIpc) is 2.94. The molecule has 1 saturated carbocycles. The molecule has 0 amide bonds. The van der Waals surface area contributed by atoms with Gasteiger partial charge in [0.15, 0.2) is 15.7 Å². The van der Waals surface area contributed by atoms with Crippen LogP contribution in [0.5, 0.6) is 5.88 Å². The molecule has 0 radical (unpaired) electrons. The summed E-state index contributed by atoms with van der Waals surface area (Å²) in [6, 6.07) is 3.05. The van der Waals surface area contributed by atoms with Crippen molar-refractivity contribution in [3.05, 3.63) is 53.2 Å². The summed E-state index contributed by atoms with van der Waals surface area (Å²) in [6.07, 6.45) is 8.11. The highest BCUT2D eigenvalue weighted by Crippen LogP contribution is 2.42. The molecule has 1 aliphatic carbocycles. The highest BCUT2D eigenvalue weighted by atomic mass is 32.2. The third-order valence-corrected chi connectivity index (χ3v) is 9.31. The first-order chi connectivity index (χ1) is 15.8. The molecule has 1 saturated heterocycles. The van der Waals surface area contributed by atoms with Crippen molar-refractivity contribution in [2.45, 2.75) is 48.6 Å². The van der Waals surface area contributed by atoms with E-state index >= 15 is 0 Å². The number of rotatable bonds is 6. The summed E-state index contributed by atoms with van der Waals surface area (Å²) in [5, 5.41) is -1.62. The maximum absolute atomic E-state index is 14.8. The van der Waals surface area contributed by atoms with E-state index < -0.39 is 38.0 Å². The quantitative estimate of drug-likeness (QED) is 0.685. The molecule has 2 aliphatic heterocycles. The first-order valence-corrected chi connectivity index (χ1v) is 12.6. The Kier molecular flexibility index (Phi) is 5.64. The van der Waals surface area contributed by atoms with Crippen LogP contribution in [0.1, 0.15) is 55.0 Å². The lowest BCUT2D eigenvalue weighted by molar-refractivity contribution is 0.175. The molecule has 5 rings (SSSR count). The van der Waals surface area contributed by atoms with E-state index in [2.05, 4.69) is 15.0 Å². The second-order valence-corrected chi connectivity index (χ2v) is 11.2. The summed E-state index contributed by atoms with van der Waals surface area (Å²) < 4.78 is 60.4. The Bertz CT molecular complexity index is 1230. The molecular formula is C23H24F2N4O3S. The van der Waals surface area contributed by atoms with Crippen molar-refractivity contribution in [1.82, 2.24) is 9.97 Å². The number of halogens is 2. The van der Waals surface area contributed by atoms with Gasteiger partial charge in [0.25, 0.3) is 0 Å². The van der Waals surface area contributed by atoms with Crippen molar-refractivity contribution in [3.8, 4) is 5.88 Å². The van der Waals surface area contributed by atoms with Crippen LogP contribution in [0.3, 0.4) is 0 Å².